The molecule has 1 aromatic rings. The fourth-order valence-electron chi connectivity index (χ4n) is 3.00. The lowest BCUT2D eigenvalue weighted by Gasteiger charge is -2.31. The third-order valence-corrected chi connectivity index (χ3v) is 4.39. The molecule has 0 saturated heterocycles. The molecule has 2 rings (SSSR count). The lowest BCUT2D eigenvalue weighted by Crippen LogP contribution is -2.28. The van der Waals surface area contributed by atoms with Crippen molar-refractivity contribution in [2.45, 2.75) is 46.5 Å². The molecule has 0 saturated carbocycles. The first-order valence-electron chi connectivity index (χ1n) is 9.74. The van der Waals surface area contributed by atoms with Crippen molar-refractivity contribution in [2.75, 3.05) is 26.8 Å². The Bertz CT molecular complexity index is 713. The molecule has 5 heteroatoms. The van der Waals surface area contributed by atoms with E-state index < -0.39 is 0 Å². The largest absolute Gasteiger partial charge is 0.496 e. The molecule has 0 atom stereocenters. The van der Waals surface area contributed by atoms with Gasteiger partial charge in [-0.15, -0.1) is 0 Å². The minimum atomic E-state index is 0.578. The minimum Gasteiger partial charge on any atom is -0.496 e. The molecule has 0 aromatic carbocycles. The Morgan fingerprint density at radius 1 is 1.37 bits per heavy atom. The number of hydrogen-bond donors (Lipinski definition) is 0. The van der Waals surface area contributed by atoms with Gasteiger partial charge in [0.15, 0.2) is 0 Å². The molecule has 1 aromatic heterocycles. The molecule has 148 valence electrons. The van der Waals surface area contributed by atoms with E-state index in [-0.39, 0.29) is 0 Å². The number of rotatable bonds is 11. The highest BCUT2D eigenvalue weighted by Crippen LogP contribution is 2.34. The summed E-state index contributed by atoms with van der Waals surface area (Å²) in [7, 11) is 1.69. The van der Waals surface area contributed by atoms with Crippen LogP contribution in [-0.2, 0) is 9.47 Å². The number of aliphatic imine (C=N–C) groups is 1. The summed E-state index contributed by atoms with van der Waals surface area (Å²) in [5, 5.41) is 0. The first-order chi connectivity index (χ1) is 13.1. The Labute approximate surface area is 163 Å². The third-order valence-electron chi connectivity index (χ3n) is 4.39. The fraction of sp³-hybridized carbons (Fsp3) is 0.500. The van der Waals surface area contributed by atoms with Crippen LogP contribution in [0.4, 0.5) is 0 Å². The van der Waals surface area contributed by atoms with Crippen molar-refractivity contribution in [3.05, 3.63) is 53.5 Å². The van der Waals surface area contributed by atoms with Gasteiger partial charge in [-0.3, -0.25) is 4.99 Å². The maximum Gasteiger partial charge on any atom is 0.150 e. The van der Waals surface area contributed by atoms with Gasteiger partial charge < -0.3 is 18.8 Å². The number of nitrogens with zero attached hydrogens (tertiary/aromatic N) is 2. The van der Waals surface area contributed by atoms with Gasteiger partial charge in [-0.1, -0.05) is 19.9 Å². The molecule has 0 aliphatic heterocycles. The van der Waals surface area contributed by atoms with Gasteiger partial charge in [0.25, 0.3) is 0 Å². The molecule has 0 unspecified atom stereocenters. The predicted octanol–water partition coefficient (Wildman–Crippen LogP) is 5.30. The van der Waals surface area contributed by atoms with Gasteiger partial charge in [0.1, 0.15) is 28.7 Å². The SMILES string of the molecule is C=C(c1ccc(C)o1)N(CC=NCCCC)C1=C(OCC)CCC=C1OC. The third kappa shape index (κ3) is 5.52. The van der Waals surface area contributed by atoms with Crippen molar-refractivity contribution in [2.24, 2.45) is 4.99 Å². The number of unbranched alkanes of at least 4 members (excludes halogenated alkanes) is 1. The topological polar surface area (TPSA) is 47.2 Å². The first kappa shape index (κ1) is 20.9. The number of methoxy groups -OCH3 is 1. The molecule has 1 aliphatic rings. The molecule has 0 bridgehead atoms. The van der Waals surface area contributed by atoms with Gasteiger partial charge in [0, 0.05) is 19.2 Å². The zero-order valence-electron chi connectivity index (χ0n) is 17.1. The smallest absolute Gasteiger partial charge is 0.150 e. The standard InChI is InChI=1S/C22H32N2O3/c1-6-8-14-23-15-16-24(18(4)19-13-12-17(3)27-19)22-20(25-5)10-9-11-21(22)26-7-2/h10,12-13,15H,4,6-9,11,14,16H2,1-3,5H3. The van der Waals surface area contributed by atoms with Crippen LogP contribution in [0.15, 0.2) is 51.4 Å². The van der Waals surface area contributed by atoms with E-state index in [1.54, 1.807) is 7.11 Å². The Kier molecular flexibility index (Phi) is 8.24. The van der Waals surface area contributed by atoms with Crippen LogP contribution >= 0.6 is 0 Å². The fourth-order valence-corrected chi connectivity index (χ4v) is 3.00. The zero-order valence-corrected chi connectivity index (χ0v) is 17.1. The first-order valence-corrected chi connectivity index (χ1v) is 9.74. The maximum absolute atomic E-state index is 5.95. The number of allylic oxidation sites excluding steroid dienone is 2. The normalized spacial score (nSPS) is 14.4. The van der Waals surface area contributed by atoms with Gasteiger partial charge in [-0.2, -0.15) is 0 Å². The summed E-state index contributed by atoms with van der Waals surface area (Å²) in [6.45, 7) is 12.4. The predicted molar refractivity (Wildman–Crippen MR) is 110 cm³/mol. The molecular formula is C22H32N2O3. The number of aryl methyl sites for hydroxylation is 1. The Morgan fingerprint density at radius 3 is 2.81 bits per heavy atom. The van der Waals surface area contributed by atoms with Crippen LogP contribution in [-0.4, -0.2) is 37.9 Å². The zero-order chi connectivity index (χ0) is 19.6. The molecule has 5 nitrogen and oxygen atoms in total. The van der Waals surface area contributed by atoms with E-state index in [9.17, 15) is 0 Å². The van der Waals surface area contributed by atoms with Crippen molar-refractivity contribution in [3.63, 3.8) is 0 Å². The van der Waals surface area contributed by atoms with Crippen LogP contribution in [0.1, 0.15) is 51.1 Å². The quantitative estimate of drug-likeness (QED) is 0.390. The van der Waals surface area contributed by atoms with Crippen LogP contribution in [0.5, 0.6) is 0 Å². The molecule has 0 amide bonds. The molecule has 1 heterocycles. The van der Waals surface area contributed by atoms with Crippen molar-refractivity contribution >= 4 is 11.9 Å². The molecule has 0 radical (unpaired) electrons. The van der Waals surface area contributed by atoms with E-state index in [0.29, 0.717) is 13.2 Å². The van der Waals surface area contributed by atoms with Gasteiger partial charge >= 0.3 is 0 Å². The molecule has 0 spiro atoms. The Morgan fingerprint density at radius 2 is 2.19 bits per heavy atom. The number of hydrogen-bond acceptors (Lipinski definition) is 5. The van der Waals surface area contributed by atoms with Crippen LogP contribution in [0.2, 0.25) is 0 Å². The molecular weight excluding hydrogens is 340 g/mol. The highest BCUT2D eigenvalue weighted by molar-refractivity contribution is 5.68. The van der Waals surface area contributed by atoms with Gasteiger partial charge in [-0.25, -0.2) is 0 Å². The van der Waals surface area contributed by atoms with E-state index in [0.717, 1.165) is 66.7 Å². The second-order valence-electron chi connectivity index (χ2n) is 6.43. The second-order valence-corrected chi connectivity index (χ2v) is 6.43. The van der Waals surface area contributed by atoms with Gasteiger partial charge in [0.2, 0.25) is 0 Å². The Hall–Kier alpha value is -2.43. The maximum atomic E-state index is 5.95. The van der Waals surface area contributed by atoms with E-state index in [4.69, 9.17) is 13.9 Å². The van der Waals surface area contributed by atoms with Gasteiger partial charge in [-0.05, 0) is 44.9 Å². The van der Waals surface area contributed by atoms with Crippen molar-refractivity contribution in [3.8, 4) is 0 Å². The van der Waals surface area contributed by atoms with Crippen molar-refractivity contribution < 1.29 is 13.9 Å². The van der Waals surface area contributed by atoms with Crippen LogP contribution < -0.4 is 0 Å². The Balaban J connectivity index is 2.37. The van der Waals surface area contributed by atoms with Crippen LogP contribution in [0, 0.1) is 6.92 Å². The lowest BCUT2D eigenvalue weighted by atomic mass is 10.1. The number of furan rings is 1. The molecule has 1 aliphatic carbocycles. The average molecular weight is 373 g/mol. The number of ether oxygens (including phenoxy) is 2. The summed E-state index contributed by atoms with van der Waals surface area (Å²) in [6.07, 6.45) is 7.99. The van der Waals surface area contributed by atoms with Crippen molar-refractivity contribution in [1.29, 1.82) is 0 Å². The second kappa shape index (κ2) is 10.7. The summed E-state index contributed by atoms with van der Waals surface area (Å²) in [4.78, 5) is 6.61. The monoisotopic (exact) mass is 372 g/mol. The summed E-state index contributed by atoms with van der Waals surface area (Å²) < 4.78 is 17.4. The van der Waals surface area contributed by atoms with E-state index in [1.165, 1.54) is 0 Å². The van der Waals surface area contributed by atoms with E-state index >= 15 is 0 Å². The van der Waals surface area contributed by atoms with Crippen LogP contribution in [0.3, 0.4) is 0 Å². The molecule has 27 heavy (non-hydrogen) atoms. The summed E-state index contributed by atoms with van der Waals surface area (Å²) in [5.41, 5.74) is 1.67. The van der Waals surface area contributed by atoms with E-state index in [1.807, 2.05) is 32.2 Å². The van der Waals surface area contributed by atoms with E-state index in [2.05, 4.69) is 29.5 Å². The molecule has 0 N–H and O–H groups in total. The summed E-state index contributed by atoms with van der Waals surface area (Å²) in [5.74, 6) is 3.31. The molecule has 0 fully saturated rings. The highest BCUT2D eigenvalue weighted by Gasteiger charge is 2.27. The lowest BCUT2D eigenvalue weighted by molar-refractivity contribution is 0.192. The van der Waals surface area contributed by atoms with Crippen LogP contribution in [0.25, 0.3) is 5.70 Å². The summed E-state index contributed by atoms with van der Waals surface area (Å²) >= 11 is 0. The average Bonchev–Trinajstić information content (AvgIpc) is 3.11. The minimum absolute atomic E-state index is 0.578. The summed E-state index contributed by atoms with van der Waals surface area (Å²) in [6, 6.07) is 3.89. The van der Waals surface area contributed by atoms with Gasteiger partial charge in [0.05, 0.1) is 26.0 Å². The van der Waals surface area contributed by atoms with Crippen molar-refractivity contribution in [1.82, 2.24) is 4.90 Å². The highest BCUT2D eigenvalue weighted by atomic mass is 16.5.